The molecule has 2 heteroatoms. The third-order valence-corrected chi connectivity index (χ3v) is 4.23. The van der Waals surface area contributed by atoms with E-state index in [9.17, 15) is 0 Å². The van der Waals surface area contributed by atoms with Crippen LogP contribution in [-0.4, -0.2) is 18.8 Å². The molecule has 3 atom stereocenters. The van der Waals surface area contributed by atoms with E-state index in [1.807, 2.05) is 7.05 Å². The predicted octanol–water partition coefficient (Wildman–Crippen LogP) is 3.93. The predicted molar refractivity (Wildman–Crippen MR) is 80.2 cm³/mol. The van der Waals surface area contributed by atoms with Gasteiger partial charge < -0.3 is 10.1 Å². The van der Waals surface area contributed by atoms with Crippen LogP contribution in [0.5, 0.6) is 0 Å². The lowest BCUT2D eigenvalue weighted by atomic mass is 9.89. The van der Waals surface area contributed by atoms with Gasteiger partial charge in [-0.1, -0.05) is 37.3 Å². The number of hydrogen-bond donors (Lipinski definition) is 1. The maximum Gasteiger partial charge on any atom is 0.0631 e. The van der Waals surface area contributed by atoms with Crippen molar-refractivity contribution < 1.29 is 4.74 Å². The molecule has 3 unspecified atom stereocenters. The van der Waals surface area contributed by atoms with E-state index >= 15 is 0 Å². The van der Waals surface area contributed by atoms with E-state index < -0.39 is 0 Å². The van der Waals surface area contributed by atoms with Gasteiger partial charge in [0.2, 0.25) is 0 Å². The summed E-state index contributed by atoms with van der Waals surface area (Å²) in [5.74, 6) is 0.575. The Bertz CT molecular complexity index is 388. The number of benzene rings is 1. The van der Waals surface area contributed by atoms with Crippen molar-refractivity contribution in [2.24, 2.45) is 5.92 Å². The molecule has 0 radical (unpaired) electrons. The third kappa shape index (κ3) is 3.80. The normalized spacial score (nSPS) is 25.2. The maximum atomic E-state index is 6.12. The van der Waals surface area contributed by atoms with Gasteiger partial charge >= 0.3 is 0 Å². The van der Waals surface area contributed by atoms with Crippen molar-refractivity contribution >= 4 is 0 Å². The van der Waals surface area contributed by atoms with Crippen LogP contribution in [-0.2, 0) is 4.74 Å². The van der Waals surface area contributed by atoms with Crippen LogP contribution in [0, 0.1) is 5.92 Å². The Morgan fingerprint density at radius 2 is 2.00 bits per heavy atom. The summed E-state index contributed by atoms with van der Waals surface area (Å²) < 4.78 is 6.12. The van der Waals surface area contributed by atoms with Gasteiger partial charge in [-0.25, -0.2) is 0 Å². The highest BCUT2D eigenvalue weighted by molar-refractivity contribution is 5.19. The van der Waals surface area contributed by atoms with Crippen molar-refractivity contribution in [1.82, 2.24) is 5.32 Å². The van der Waals surface area contributed by atoms with Crippen molar-refractivity contribution in [3.63, 3.8) is 0 Å². The van der Waals surface area contributed by atoms with Crippen LogP contribution in [0.3, 0.4) is 0 Å². The molecular weight excluding hydrogens is 234 g/mol. The van der Waals surface area contributed by atoms with E-state index in [1.165, 1.54) is 18.4 Å². The summed E-state index contributed by atoms with van der Waals surface area (Å²) in [6, 6.07) is 11.1. The molecule has 1 aromatic rings. The Morgan fingerprint density at radius 1 is 1.32 bits per heavy atom. The molecule has 1 saturated heterocycles. The fourth-order valence-corrected chi connectivity index (χ4v) is 3.23. The van der Waals surface area contributed by atoms with E-state index in [-0.39, 0.29) is 5.60 Å². The Hall–Kier alpha value is -0.860. The van der Waals surface area contributed by atoms with Gasteiger partial charge in [0.25, 0.3) is 0 Å². The lowest BCUT2D eigenvalue weighted by Gasteiger charge is -2.27. The van der Waals surface area contributed by atoms with Crippen molar-refractivity contribution in [3.05, 3.63) is 35.9 Å². The minimum absolute atomic E-state index is 0.0757. The fourth-order valence-electron chi connectivity index (χ4n) is 3.23. The summed E-state index contributed by atoms with van der Waals surface area (Å²) >= 11 is 0. The second-order valence-corrected chi connectivity index (χ2v) is 6.43. The molecule has 1 aliphatic heterocycles. The molecule has 1 heterocycles. The Kier molecular flexibility index (Phi) is 4.64. The summed E-state index contributed by atoms with van der Waals surface area (Å²) in [7, 11) is 2.05. The molecule has 0 amide bonds. The molecule has 0 bridgehead atoms. The smallest absolute Gasteiger partial charge is 0.0631 e. The minimum Gasteiger partial charge on any atom is -0.372 e. The maximum absolute atomic E-state index is 6.12. The van der Waals surface area contributed by atoms with Crippen LogP contribution in [0.25, 0.3) is 0 Å². The van der Waals surface area contributed by atoms with Crippen LogP contribution in [0.4, 0.5) is 0 Å². The van der Waals surface area contributed by atoms with Gasteiger partial charge in [-0.05, 0) is 51.6 Å². The van der Waals surface area contributed by atoms with Gasteiger partial charge in [-0.15, -0.1) is 0 Å². The summed E-state index contributed by atoms with van der Waals surface area (Å²) in [4.78, 5) is 0. The van der Waals surface area contributed by atoms with Gasteiger partial charge in [0, 0.05) is 6.04 Å². The minimum atomic E-state index is 0.0757. The largest absolute Gasteiger partial charge is 0.372 e. The topological polar surface area (TPSA) is 21.3 Å². The van der Waals surface area contributed by atoms with Gasteiger partial charge in [-0.3, -0.25) is 0 Å². The second kappa shape index (κ2) is 6.06. The van der Waals surface area contributed by atoms with Gasteiger partial charge in [0.1, 0.15) is 0 Å². The average molecular weight is 261 g/mol. The Morgan fingerprint density at radius 3 is 2.53 bits per heavy atom. The van der Waals surface area contributed by atoms with Crippen LogP contribution in [0.1, 0.15) is 51.6 Å². The molecule has 19 heavy (non-hydrogen) atoms. The van der Waals surface area contributed by atoms with Crippen LogP contribution in [0.2, 0.25) is 0 Å². The number of hydrogen-bond acceptors (Lipinski definition) is 2. The fraction of sp³-hybridized carbons (Fsp3) is 0.647. The first kappa shape index (κ1) is 14.5. The van der Waals surface area contributed by atoms with Crippen LogP contribution < -0.4 is 5.32 Å². The van der Waals surface area contributed by atoms with Crippen molar-refractivity contribution in [1.29, 1.82) is 0 Å². The second-order valence-electron chi connectivity index (χ2n) is 6.43. The third-order valence-electron chi connectivity index (χ3n) is 4.23. The molecule has 0 aromatic heterocycles. The molecule has 2 rings (SSSR count). The summed E-state index contributed by atoms with van der Waals surface area (Å²) in [5, 5.41) is 3.46. The first-order chi connectivity index (χ1) is 9.02. The lowest BCUT2D eigenvalue weighted by molar-refractivity contribution is -0.0254. The summed E-state index contributed by atoms with van der Waals surface area (Å²) in [5.41, 5.74) is 1.45. The molecule has 0 spiro atoms. The molecule has 0 saturated carbocycles. The molecular formula is C17H27NO. The van der Waals surface area contributed by atoms with E-state index in [0.717, 1.165) is 6.42 Å². The zero-order valence-corrected chi connectivity index (χ0v) is 12.6. The van der Waals surface area contributed by atoms with Crippen LogP contribution in [0.15, 0.2) is 30.3 Å². The zero-order valence-electron chi connectivity index (χ0n) is 12.6. The van der Waals surface area contributed by atoms with Crippen molar-refractivity contribution in [2.45, 2.75) is 57.8 Å². The van der Waals surface area contributed by atoms with E-state index in [1.54, 1.807) is 0 Å². The van der Waals surface area contributed by atoms with Crippen molar-refractivity contribution in [3.8, 4) is 0 Å². The summed E-state index contributed by atoms with van der Waals surface area (Å²) in [6.07, 6.45) is 3.93. The first-order valence-corrected chi connectivity index (χ1v) is 7.42. The standard InChI is InChI=1S/C17H27NO/c1-13(12-15-10-11-17(2,3)19-15)16(18-4)14-8-6-5-7-9-14/h5-9,13,15-16,18H,10-12H2,1-4H3. The zero-order chi connectivity index (χ0) is 13.9. The monoisotopic (exact) mass is 261 g/mol. The van der Waals surface area contributed by atoms with Crippen molar-refractivity contribution in [2.75, 3.05) is 7.05 Å². The lowest BCUT2D eigenvalue weighted by Crippen LogP contribution is -2.27. The molecule has 2 nitrogen and oxygen atoms in total. The highest BCUT2D eigenvalue weighted by Gasteiger charge is 2.33. The molecule has 1 fully saturated rings. The first-order valence-electron chi connectivity index (χ1n) is 7.42. The molecule has 1 aromatic carbocycles. The van der Waals surface area contributed by atoms with E-state index in [0.29, 0.717) is 18.1 Å². The van der Waals surface area contributed by atoms with Gasteiger partial charge in [0.05, 0.1) is 11.7 Å². The Labute approximate surface area is 117 Å². The SMILES string of the molecule is CNC(c1ccccc1)C(C)CC1CCC(C)(C)O1. The number of ether oxygens (including phenoxy) is 1. The molecule has 0 aliphatic carbocycles. The Balaban J connectivity index is 1.96. The summed E-state index contributed by atoms with van der Waals surface area (Å²) in [6.45, 7) is 6.72. The molecule has 106 valence electrons. The molecule has 1 N–H and O–H groups in total. The average Bonchev–Trinajstić information content (AvgIpc) is 2.71. The highest BCUT2D eigenvalue weighted by atomic mass is 16.5. The van der Waals surface area contributed by atoms with Crippen LogP contribution >= 0.6 is 0 Å². The van der Waals surface area contributed by atoms with Gasteiger partial charge in [0.15, 0.2) is 0 Å². The highest BCUT2D eigenvalue weighted by Crippen LogP contribution is 2.35. The quantitative estimate of drug-likeness (QED) is 0.867. The number of rotatable bonds is 5. The molecule has 1 aliphatic rings. The van der Waals surface area contributed by atoms with Gasteiger partial charge in [-0.2, -0.15) is 0 Å². The van der Waals surface area contributed by atoms with E-state index in [4.69, 9.17) is 4.74 Å². The van der Waals surface area contributed by atoms with E-state index in [2.05, 4.69) is 56.4 Å². The number of nitrogens with one attached hydrogen (secondary N) is 1.